The highest BCUT2D eigenvalue weighted by atomic mass is 16.2. The summed E-state index contributed by atoms with van der Waals surface area (Å²) in [4.78, 5) is 44.5. The fourth-order valence-electron chi connectivity index (χ4n) is 4.04. The van der Waals surface area contributed by atoms with E-state index < -0.39 is 0 Å². The average molecular weight is 438 g/mol. The number of imide groups is 1. The van der Waals surface area contributed by atoms with Gasteiger partial charge in [0.1, 0.15) is 17.2 Å². The molecule has 0 atom stereocenters. The molecule has 1 aliphatic heterocycles. The molecule has 0 saturated heterocycles. The van der Waals surface area contributed by atoms with Crippen molar-refractivity contribution in [3.8, 4) is 11.3 Å². The van der Waals surface area contributed by atoms with Gasteiger partial charge in [0.25, 0.3) is 17.7 Å². The SMILES string of the molecule is CCCCN1C(=O)c2ccc(C(=O)Nc3c(-c4ccccc4)nc4ccccn34)cc2C1=O. The van der Waals surface area contributed by atoms with Gasteiger partial charge in [-0.05, 0) is 36.8 Å². The first-order valence-electron chi connectivity index (χ1n) is 10.9. The Kier molecular flexibility index (Phi) is 5.22. The van der Waals surface area contributed by atoms with Gasteiger partial charge in [-0.3, -0.25) is 23.7 Å². The molecule has 0 bridgehead atoms. The molecule has 0 radical (unpaired) electrons. The summed E-state index contributed by atoms with van der Waals surface area (Å²) >= 11 is 0. The highest BCUT2D eigenvalue weighted by Crippen LogP contribution is 2.30. The molecule has 7 heteroatoms. The minimum Gasteiger partial charge on any atom is -0.306 e. The molecular weight excluding hydrogens is 416 g/mol. The number of benzene rings is 2. The number of fused-ring (bicyclic) bond motifs is 2. The van der Waals surface area contributed by atoms with E-state index >= 15 is 0 Å². The highest BCUT2D eigenvalue weighted by Gasteiger charge is 2.35. The molecule has 1 aliphatic rings. The quantitative estimate of drug-likeness (QED) is 0.444. The Labute approximate surface area is 190 Å². The van der Waals surface area contributed by atoms with Gasteiger partial charge in [0.2, 0.25) is 0 Å². The fourth-order valence-corrected chi connectivity index (χ4v) is 4.04. The lowest BCUT2D eigenvalue weighted by atomic mass is 10.1. The summed E-state index contributed by atoms with van der Waals surface area (Å²) in [6.45, 7) is 2.39. The summed E-state index contributed by atoms with van der Waals surface area (Å²) in [5.41, 5.74) is 3.13. The molecule has 0 spiro atoms. The minimum atomic E-state index is -0.382. The number of amides is 3. The fraction of sp³-hybridized carbons (Fsp3) is 0.154. The molecule has 0 fully saturated rings. The Morgan fingerprint density at radius 1 is 0.939 bits per heavy atom. The van der Waals surface area contributed by atoms with Crippen molar-refractivity contribution in [2.75, 3.05) is 11.9 Å². The smallest absolute Gasteiger partial charge is 0.261 e. The van der Waals surface area contributed by atoms with Crippen LogP contribution in [0.5, 0.6) is 0 Å². The van der Waals surface area contributed by atoms with E-state index in [2.05, 4.69) is 5.32 Å². The zero-order valence-electron chi connectivity index (χ0n) is 18.1. The third-order valence-electron chi connectivity index (χ3n) is 5.78. The normalized spacial score (nSPS) is 12.9. The van der Waals surface area contributed by atoms with Crippen LogP contribution in [0.4, 0.5) is 5.82 Å². The lowest BCUT2D eigenvalue weighted by Crippen LogP contribution is -2.30. The molecule has 5 rings (SSSR count). The topological polar surface area (TPSA) is 83.8 Å². The van der Waals surface area contributed by atoms with Crippen LogP contribution >= 0.6 is 0 Å². The van der Waals surface area contributed by atoms with Crippen molar-refractivity contribution in [3.63, 3.8) is 0 Å². The second kappa shape index (κ2) is 8.35. The Morgan fingerprint density at radius 2 is 1.70 bits per heavy atom. The summed E-state index contributed by atoms with van der Waals surface area (Å²) < 4.78 is 1.81. The Hall–Kier alpha value is -4.26. The van der Waals surface area contributed by atoms with Crippen molar-refractivity contribution >= 4 is 29.2 Å². The summed E-state index contributed by atoms with van der Waals surface area (Å²) in [5.74, 6) is -0.497. The monoisotopic (exact) mass is 438 g/mol. The largest absolute Gasteiger partial charge is 0.306 e. The number of nitrogens with zero attached hydrogens (tertiary/aromatic N) is 3. The molecule has 0 unspecified atom stereocenters. The number of anilines is 1. The second-order valence-electron chi connectivity index (χ2n) is 7.93. The van der Waals surface area contributed by atoms with E-state index in [-0.39, 0.29) is 23.3 Å². The van der Waals surface area contributed by atoms with E-state index in [1.54, 1.807) is 12.1 Å². The van der Waals surface area contributed by atoms with Crippen molar-refractivity contribution in [2.45, 2.75) is 19.8 Å². The molecule has 3 heterocycles. The Morgan fingerprint density at radius 3 is 2.48 bits per heavy atom. The Balaban J connectivity index is 1.49. The maximum absolute atomic E-state index is 13.2. The van der Waals surface area contributed by atoms with Gasteiger partial charge in [0, 0.05) is 23.9 Å². The lowest BCUT2D eigenvalue weighted by Gasteiger charge is -2.12. The third kappa shape index (κ3) is 3.57. The first-order valence-corrected chi connectivity index (χ1v) is 10.9. The zero-order valence-corrected chi connectivity index (χ0v) is 18.1. The van der Waals surface area contributed by atoms with Gasteiger partial charge in [-0.1, -0.05) is 49.7 Å². The molecule has 164 valence electrons. The molecule has 3 amide bonds. The number of carbonyl (C=O) groups excluding carboxylic acids is 3. The highest BCUT2D eigenvalue weighted by molar-refractivity contribution is 6.22. The first-order chi connectivity index (χ1) is 16.1. The third-order valence-corrected chi connectivity index (χ3v) is 5.78. The second-order valence-corrected chi connectivity index (χ2v) is 7.93. The van der Waals surface area contributed by atoms with Crippen LogP contribution in [0.1, 0.15) is 50.8 Å². The van der Waals surface area contributed by atoms with Gasteiger partial charge in [-0.25, -0.2) is 4.98 Å². The molecule has 1 N–H and O–H groups in total. The number of imidazole rings is 1. The van der Waals surface area contributed by atoms with E-state index in [0.717, 1.165) is 18.4 Å². The number of aromatic nitrogens is 2. The zero-order chi connectivity index (χ0) is 22.9. The van der Waals surface area contributed by atoms with E-state index in [1.165, 1.54) is 11.0 Å². The molecule has 33 heavy (non-hydrogen) atoms. The average Bonchev–Trinajstić information content (AvgIpc) is 3.33. The van der Waals surface area contributed by atoms with Crippen molar-refractivity contribution in [3.05, 3.63) is 89.6 Å². The summed E-state index contributed by atoms with van der Waals surface area (Å²) in [6, 6.07) is 19.9. The summed E-state index contributed by atoms with van der Waals surface area (Å²) in [5, 5.41) is 2.96. The number of carbonyl (C=O) groups is 3. The van der Waals surface area contributed by atoms with Gasteiger partial charge in [-0.2, -0.15) is 0 Å². The maximum atomic E-state index is 13.2. The van der Waals surface area contributed by atoms with Crippen molar-refractivity contribution in [2.24, 2.45) is 0 Å². The lowest BCUT2D eigenvalue weighted by molar-refractivity contribution is 0.0652. The van der Waals surface area contributed by atoms with Crippen LogP contribution in [0.2, 0.25) is 0 Å². The van der Waals surface area contributed by atoms with Gasteiger partial charge in [0.05, 0.1) is 11.1 Å². The van der Waals surface area contributed by atoms with Crippen LogP contribution in [0.15, 0.2) is 72.9 Å². The van der Waals surface area contributed by atoms with Crippen molar-refractivity contribution in [1.82, 2.24) is 14.3 Å². The van der Waals surface area contributed by atoms with Crippen LogP contribution in [0.25, 0.3) is 16.9 Å². The number of nitrogens with one attached hydrogen (secondary N) is 1. The van der Waals surface area contributed by atoms with E-state index in [0.29, 0.717) is 34.8 Å². The molecular formula is C26H22N4O3. The summed E-state index contributed by atoms with van der Waals surface area (Å²) in [6.07, 6.45) is 3.46. The summed E-state index contributed by atoms with van der Waals surface area (Å²) in [7, 11) is 0. The molecule has 2 aromatic heterocycles. The maximum Gasteiger partial charge on any atom is 0.261 e. The van der Waals surface area contributed by atoms with E-state index in [4.69, 9.17) is 4.98 Å². The van der Waals surface area contributed by atoms with Crippen molar-refractivity contribution in [1.29, 1.82) is 0 Å². The molecule has 0 aliphatic carbocycles. The number of unbranched alkanes of at least 4 members (excludes halogenated alkanes) is 1. The molecule has 4 aromatic rings. The van der Waals surface area contributed by atoms with Gasteiger partial charge in [-0.15, -0.1) is 0 Å². The standard InChI is InChI=1S/C26H22N4O3/c1-2-3-14-30-25(32)19-13-12-18(16-20(19)26(30)33)24(31)28-23-22(17-9-5-4-6-10-17)27-21-11-7-8-15-29(21)23/h4-13,15-16H,2-3,14H2,1H3,(H,28,31). The Bertz CT molecular complexity index is 1390. The van der Waals surface area contributed by atoms with Crippen LogP contribution in [-0.4, -0.2) is 38.6 Å². The van der Waals surface area contributed by atoms with E-state index in [9.17, 15) is 14.4 Å². The minimum absolute atomic E-state index is 0.269. The van der Waals surface area contributed by atoms with Gasteiger partial charge in [0.15, 0.2) is 0 Å². The van der Waals surface area contributed by atoms with Crippen molar-refractivity contribution < 1.29 is 14.4 Å². The predicted octanol–water partition coefficient (Wildman–Crippen LogP) is 4.65. The van der Waals surface area contributed by atoms with Crippen LogP contribution < -0.4 is 5.32 Å². The predicted molar refractivity (Wildman–Crippen MR) is 125 cm³/mol. The van der Waals surface area contributed by atoms with Gasteiger partial charge >= 0.3 is 0 Å². The van der Waals surface area contributed by atoms with Crippen LogP contribution in [-0.2, 0) is 0 Å². The first kappa shape index (κ1) is 20.6. The number of pyridine rings is 1. The van der Waals surface area contributed by atoms with Crippen LogP contribution in [0, 0.1) is 0 Å². The number of hydrogen-bond acceptors (Lipinski definition) is 4. The molecule has 7 nitrogen and oxygen atoms in total. The van der Waals surface area contributed by atoms with Crippen LogP contribution in [0.3, 0.4) is 0 Å². The number of rotatable bonds is 6. The molecule has 2 aromatic carbocycles. The molecule has 0 saturated carbocycles. The van der Waals surface area contributed by atoms with E-state index in [1.807, 2.05) is 66.1 Å². The number of hydrogen-bond donors (Lipinski definition) is 1. The van der Waals surface area contributed by atoms with Gasteiger partial charge < -0.3 is 5.32 Å².